The summed E-state index contributed by atoms with van der Waals surface area (Å²) in [7, 11) is 3.29. The van der Waals surface area contributed by atoms with Gasteiger partial charge in [0.05, 0.1) is 27.3 Å². The number of aromatic nitrogens is 5. The fourth-order valence-corrected chi connectivity index (χ4v) is 4.37. The maximum absolute atomic E-state index is 13.0. The van der Waals surface area contributed by atoms with E-state index in [1.165, 1.54) is 0 Å². The van der Waals surface area contributed by atoms with Crippen molar-refractivity contribution < 1.29 is 9.47 Å². The van der Waals surface area contributed by atoms with Crippen molar-refractivity contribution in [2.24, 2.45) is 0 Å². The molecule has 0 unspecified atom stereocenters. The first-order chi connectivity index (χ1) is 18.1. The van der Waals surface area contributed by atoms with Gasteiger partial charge < -0.3 is 14.5 Å². The van der Waals surface area contributed by atoms with Crippen molar-refractivity contribution in [2.75, 3.05) is 14.2 Å². The Kier molecular flexibility index (Phi) is 7.23. The van der Waals surface area contributed by atoms with Gasteiger partial charge >= 0.3 is 0 Å². The zero-order valence-corrected chi connectivity index (χ0v) is 20.8. The van der Waals surface area contributed by atoms with Gasteiger partial charge in [0, 0.05) is 35.1 Å². The van der Waals surface area contributed by atoms with Gasteiger partial charge in [0.1, 0.15) is 11.5 Å². The highest BCUT2D eigenvalue weighted by Crippen LogP contribution is 2.23. The molecular weight excluding hydrogens is 468 g/mol. The van der Waals surface area contributed by atoms with E-state index in [0.717, 1.165) is 33.5 Å². The Hall–Kier alpha value is -4.50. The molecule has 0 atom stereocenters. The first-order valence-corrected chi connectivity index (χ1v) is 12.0. The average molecular weight is 497 g/mol. The Labute approximate surface area is 214 Å². The standard InChI is InChI=1S/C28H28N6O3/c1-36-24-12-13-25-22(15-24)14-23(28(35)29-25)18-33(17-21-10-6-7-11-26(21)37-2)19-27-30-31-32-34(27)16-20-8-4-3-5-9-20/h3-15H,16-19H2,1-2H3,(H,29,35). The van der Waals surface area contributed by atoms with E-state index in [0.29, 0.717) is 37.6 Å². The summed E-state index contributed by atoms with van der Waals surface area (Å²) in [5.41, 5.74) is 3.38. The predicted octanol–water partition coefficient (Wildman–Crippen LogP) is 3.78. The number of fused-ring (bicyclic) bond motifs is 1. The molecule has 0 radical (unpaired) electrons. The molecule has 9 heteroatoms. The van der Waals surface area contributed by atoms with Crippen LogP contribution in [0.3, 0.4) is 0 Å². The minimum absolute atomic E-state index is 0.133. The van der Waals surface area contributed by atoms with Crippen LogP contribution in [0.2, 0.25) is 0 Å². The summed E-state index contributed by atoms with van der Waals surface area (Å²) in [6.07, 6.45) is 0. The summed E-state index contributed by atoms with van der Waals surface area (Å²) in [5.74, 6) is 2.22. The summed E-state index contributed by atoms with van der Waals surface area (Å²) in [6.45, 7) is 1.92. The highest BCUT2D eigenvalue weighted by Gasteiger charge is 2.17. The number of benzene rings is 3. The number of rotatable bonds is 10. The lowest BCUT2D eigenvalue weighted by atomic mass is 10.1. The van der Waals surface area contributed by atoms with Gasteiger partial charge in [-0.1, -0.05) is 48.5 Å². The van der Waals surface area contributed by atoms with Crippen molar-refractivity contribution >= 4 is 10.9 Å². The van der Waals surface area contributed by atoms with E-state index in [2.05, 4.69) is 25.4 Å². The van der Waals surface area contributed by atoms with Crippen molar-refractivity contribution in [1.82, 2.24) is 30.1 Å². The lowest BCUT2D eigenvalue weighted by Gasteiger charge is -2.23. The van der Waals surface area contributed by atoms with Crippen molar-refractivity contribution in [2.45, 2.75) is 26.2 Å². The molecule has 0 aliphatic rings. The monoisotopic (exact) mass is 496 g/mol. The van der Waals surface area contributed by atoms with Crippen LogP contribution < -0.4 is 15.0 Å². The second-order valence-corrected chi connectivity index (χ2v) is 8.77. The van der Waals surface area contributed by atoms with Crippen LogP contribution in [0.5, 0.6) is 11.5 Å². The maximum Gasteiger partial charge on any atom is 0.252 e. The summed E-state index contributed by atoms with van der Waals surface area (Å²) in [6, 6.07) is 25.4. The SMILES string of the molecule is COc1ccc2[nH]c(=O)c(CN(Cc3ccccc3OC)Cc3nnnn3Cc3ccccc3)cc2c1. The first-order valence-electron chi connectivity index (χ1n) is 12.0. The van der Waals surface area contributed by atoms with Crippen molar-refractivity contribution in [3.8, 4) is 11.5 Å². The van der Waals surface area contributed by atoms with E-state index in [4.69, 9.17) is 9.47 Å². The summed E-state index contributed by atoms with van der Waals surface area (Å²) >= 11 is 0. The molecule has 0 saturated heterocycles. The number of H-pyrrole nitrogens is 1. The molecule has 0 spiro atoms. The van der Waals surface area contributed by atoms with E-state index in [1.807, 2.05) is 78.9 Å². The number of methoxy groups -OCH3 is 2. The third-order valence-corrected chi connectivity index (χ3v) is 6.26. The Morgan fingerprint density at radius 2 is 1.65 bits per heavy atom. The van der Waals surface area contributed by atoms with Crippen LogP contribution in [0.1, 0.15) is 22.5 Å². The number of nitrogens with zero attached hydrogens (tertiary/aromatic N) is 5. The van der Waals surface area contributed by atoms with Crippen molar-refractivity contribution in [3.05, 3.63) is 112 Å². The van der Waals surface area contributed by atoms with Gasteiger partial charge in [-0.25, -0.2) is 4.68 Å². The molecule has 5 rings (SSSR count). The molecule has 0 aliphatic heterocycles. The lowest BCUT2D eigenvalue weighted by molar-refractivity contribution is 0.232. The number of pyridine rings is 1. The van der Waals surface area contributed by atoms with E-state index >= 15 is 0 Å². The lowest BCUT2D eigenvalue weighted by Crippen LogP contribution is -2.28. The second kappa shape index (κ2) is 11.0. The molecule has 9 nitrogen and oxygen atoms in total. The number of hydrogen-bond acceptors (Lipinski definition) is 7. The Morgan fingerprint density at radius 3 is 2.46 bits per heavy atom. The molecule has 37 heavy (non-hydrogen) atoms. The maximum atomic E-state index is 13.0. The molecular formula is C28H28N6O3. The van der Waals surface area contributed by atoms with Gasteiger partial charge in [-0.05, 0) is 46.3 Å². The van der Waals surface area contributed by atoms with Crippen LogP contribution in [0, 0.1) is 0 Å². The quantitative estimate of drug-likeness (QED) is 0.314. The normalized spacial score (nSPS) is 11.2. The number of nitrogens with one attached hydrogen (secondary N) is 1. The van der Waals surface area contributed by atoms with Gasteiger partial charge in [0.2, 0.25) is 0 Å². The number of ether oxygens (including phenoxy) is 2. The van der Waals surface area contributed by atoms with Crippen LogP contribution in [-0.4, -0.2) is 44.3 Å². The first kappa shape index (κ1) is 24.2. The highest BCUT2D eigenvalue weighted by atomic mass is 16.5. The van der Waals surface area contributed by atoms with Crippen molar-refractivity contribution in [1.29, 1.82) is 0 Å². The van der Waals surface area contributed by atoms with Crippen LogP contribution in [0.15, 0.2) is 83.7 Å². The van der Waals surface area contributed by atoms with E-state index < -0.39 is 0 Å². The molecule has 0 fully saturated rings. The molecule has 188 valence electrons. The molecule has 2 aromatic heterocycles. The number of tetrazole rings is 1. The van der Waals surface area contributed by atoms with E-state index in [9.17, 15) is 4.79 Å². The summed E-state index contributed by atoms with van der Waals surface area (Å²) in [4.78, 5) is 18.2. The molecule has 0 bridgehead atoms. The van der Waals surface area contributed by atoms with E-state index in [-0.39, 0.29) is 5.56 Å². The molecule has 5 aromatic rings. The largest absolute Gasteiger partial charge is 0.497 e. The van der Waals surface area contributed by atoms with Crippen molar-refractivity contribution in [3.63, 3.8) is 0 Å². The molecule has 0 saturated carbocycles. The highest BCUT2D eigenvalue weighted by molar-refractivity contribution is 5.80. The zero-order chi connectivity index (χ0) is 25.6. The fraction of sp³-hybridized carbons (Fsp3) is 0.214. The van der Waals surface area contributed by atoms with Gasteiger partial charge in [0.15, 0.2) is 5.82 Å². The summed E-state index contributed by atoms with van der Waals surface area (Å²) in [5, 5.41) is 13.3. The molecule has 0 aliphatic carbocycles. The van der Waals surface area contributed by atoms with Gasteiger partial charge in [-0.3, -0.25) is 9.69 Å². The number of para-hydroxylation sites is 1. The summed E-state index contributed by atoms with van der Waals surface area (Å²) < 4.78 is 12.7. The molecule has 0 amide bonds. The molecule has 1 N–H and O–H groups in total. The Balaban J connectivity index is 1.47. The fourth-order valence-electron chi connectivity index (χ4n) is 4.37. The number of hydrogen-bond donors (Lipinski definition) is 1. The van der Waals surface area contributed by atoms with Gasteiger partial charge in [-0.15, -0.1) is 5.10 Å². The van der Waals surface area contributed by atoms with Gasteiger partial charge in [0.25, 0.3) is 5.56 Å². The Morgan fingerprint density at radius 1 is 0.865 bits per heavy atom. The third kappa shape index (κ3) is 5.68. The predicted molar refractivity (Wildman–Crippen MR) is 140 cm³/mol. The van der Waals surface area contributed by atoms with Crippen LogP contribution in [0.25, 0.3) is 10.9 Å². The smallest absolute Gasteiger partial charge is 0.252 e. The zero-order valence-electron chi connectivity index (χ0n) is 20.8. The number of aromatic amines is 1. The van der Waals surface area contributed by atoms with Crippen LogP contribution in [-0.2, 0) is 26.2 Å². The minimum Gasteiger partial charge on any atom is -0.497 e. The third-order valence-electron chi connectivity index (χ3n) is 6.26. The molecule has 2 heterocycles. The van der Waals surface area contributed by atoms with Gasteiger partial charge in [-0.2, -0.15) is 0 Å². The minimum atomic E-state index is -0.133. The van der Waals surface area contributed by atoms with Crippen LogP contribution >= 0.6 is 0 Å². The second-order valence-electron chi connectivity index (χ2n) is 8.77. The van der Waals surface area contributed by atoms with E-state index in [1.54, 1.807) is 18.9 Å². The average Bonchev–Trinajstić information content (AvgIpc) is 3.35. The Bertz CT molecular complexity index is 1550. The molecule has 3 aromatic carbocycles. The van der Waals surface area contributed by atoms with Crippen LogP contribution in [0.4, 0.5) is 0 Å². The topological polar surface area (TPSA) is 98.2 Å².